The van der Waals surface area contributed by atoms with Crippen molar-refractivity contribution in [1.82, 2.24) is 24.6 Å². The highest BCUT2D eigenvalue weighted by molar-refractivity contribution is 5.86. The Balaban J connectivity index is 1.77. The van der Waals surface area contributed by atoms with Crippen LogP contribution in [0.1, 0.15) is 37.3 Å². The van der Waals surface area contributed by atoms with Crippen LogP contribution in [0.25, 0.3) is 0 Å². The maximum absolute atomic E-state index is 14.3. The summed E-state index contributed by atoms with van der Waals surface area (Å²) in [7, 11) is 3.97. The fraction of sp³-hybridized carbons (Fsp3) is 0.786. The third-order valence-electron chi connectivity index (χ3n) is 4.32. The molecule has 1 amide bonds. The first-order valence-corrected chi connectivity index (χ1v) is 7.53. The van der Waals surface area contributed by atoms with Gasteiger partial charge in [-0.1, -0.05) is 0 Å². The van der Waals surface area contributed by atoms with Crippen molar-refractivity contribution in [3.05, 3.63) is 11.6 Å². The Morgan fingerprint density at radius 3 is 2.67 bits per heavy atom. The zero-order valence-corrected chi connectivity index (χ0v) is 12.7. The third kappa shape index (κ3) is 2.66. The highest BCUT2D eigenvalue weighted by Crippen LogP contribution is 2.38. The number of rotatable bonds is 3. The van der Waals surface area contributed by atoms with Crippen LogP contribution in [0, 0.1) is 0 Å². The fourth-order valence-corrected chi connectivity index (χ4v) is 2.97. The van der Waals surface area contributed by atoms with E-state index in [1.54, 1.807) is 4.90 Å². The van der Waals surface area contributed by atoms with Gasteiger partial charge >= 0.3 is 0 Å². The second-order valence-corrected chi connectivity index (χ2v) is 6.32. The van der Waals surface area contributed by atoms with Gasteiger partial charge in [0, 0.05) is 13.1 Å². The minimum atomic E-state index is -1.62. The summed E-state index contributed by atoms with van der Waals surface area (Å²) in [5.41, 5.74) is -1.62. The molecule has 1 aromatic rings. The van der Waals surface area contributed by atoms with Gasteiger partial charge in [-0.25, -0.2) is 4.39 Å². The molecule has 0 atom stereocenters. The number of carbonyl (C=O) groups is 1. The second kappa shape index (κ2) is 5.36. The van der Waals surface area contributed by atoms with Crippen molar-refractivity contribution in [3.63, 3.8) is 0 Å². The van der Waals surface area contributed by atoms with Crippen LogP contribution in [0.4, 0.5) is 4.39 Å². The summed E-state index contributed by atoms with van der Waals surface area (Å²) in [6.07, 6.45) is 2.34. The van der Waals surface area contributed by atoms with Crippen molar-refractivity contribution in [2.24, 2.45) is 0 Å². The van der Waals surface area contributed by atoms with Gasteiger partial charge in [-0.3, -0.25) is 4.79 Å². The van der Waals surface area contributed by atoms with Crippen molar-refractivity contribution >= 4 is 5.91 Å². The number of halogens is 1. The monoisotopic (exact) mass is 295 g/mol. The first-order valence-electron chi connectivity index (χ1n) is 7.53. The lowest BCUT2D eigenvalue weighted by Gasteiger charge is -2.36. The number of carbonyl (C=O) groups excluding carboxylic acids is 1. The summed E-state index contributed by atoms with van der Waals surface area (Å²) in [5.74, 6) is 1.31. The molecular weight excluding hydrogens is 273 g/mol. The molecule has 0 aromatic carbocycles. The minimum absolute atomic E-state index is 0.362. The summed E-state index contributed by atoms with van der Waals surface area (Å²) in [6.45, 7) is 2.46. The zero-order chi connectivity index (χ0) is 15.0. The molecule has 1 saturated carbocycles. The minimum Gasteiger partial charge on any atom is -0.332 e. The number of fused-ring (bicyclic) bond motifs is 1. The Hall–Kier alpha value is -1.50. The molecule has 21 heavy (non-hydrogen) atoms. The third-order valence-corrected chi connectivity index (χ3v) is 4.32. The molecule has 2 heterocycles. The van der Waals surface area contributed by atoms with Gasteiger partial charge < -0.3 is 14.4 Å². The Morgan fingerprint density at radius 1 is 1.29 bits per heavy atom. The maximum Gasteiger partial charge on any atom is 0.260 e. The lowest BCUT2D eigenvalue weighted by Crippen LogP contribution is -2.50. The number of hydrogen-bond donors (Lipinski definition) is 0. The van der Waals surface area contributed by atoms with Crippen molar-refractivity contribution in [2.45, 2.75) is 51.0 Å². The van der Waals surface area contributed by atoms with E-state index in [4.69, 9.17) is 0 Å². The molecular formula is C14H22FN5O. The van der Waals surface area contributed by atoms with Gasteiger partial charge in [0.2, 0.25) is 0 Å². The average Bonchev–Trinajstić information content (AvgIpc) is 2.65. The summed E-state index contributed by atoms with van der Waals surface area (Å²) >= 11 is 0. The van der Waals surface area contributed by atoms with E-state index < -0.39 is 5.67 Å². The molecule has 0 bridgehead atoms. The van der Waals surface area contributed by atoms with Gasteiger partial charge in [-0.2, -0.15) is 0 Å². The topological polar surface area (TPSA) is 54.3 Å². The van der Waals surface area contributed by atoms with Crippen molar-refractivity contribution in [3.8, 4) is 0 Å². The lowest BCUT2D eigenvalue weighted by molar-refractivity contribution is -0.150. The van der Waals surface area contributed by atoms with E-state index in [0.29, 0.717) is 32.5 Å². The van der Waals surface area contributed by atoms with Gasteiger partial charge in [-0.15, -0.1) is 10.2 Å². The molecule has 6 nitrogen and oxygen atoms in total. The molecule has 116 valence electrons. The summed E-state index contributed by atoms with van der Waals surface area (Å²) in [6, 6.07) is 0. The Morgan fingerprint density at radius 2 is 2.05 bits per heavy atom. The molecule has 0 spiro atoms. The summed E-state index contributed by atoms with van der Waals surface area (Å²) in [5, 5.41) is 8.41. The number of amides is 1. The molecule has 1 aliphatic heterocycles. The molecule has 0 unspecified atom stereocenters. The highest BCUT2D eigenvalue weighted by atomic mass is 19.1. The molecule has 3 rings (SSSR count). The van der Waals surface area contributed by atoms with Gasteiger partial charge in [0.25, 0.3) is 5.91 Å². The van der Waals surface area contributed by atoms with E-state index in [0.717, 1.165) is 31.0 Å². The Kier molecular flexibility index (Phi) is 3.69. The zero-order valence-electron chi connectivity index (χ0n) is 12.7. The molecule has 1 fully saturated rings. The van der Waals surface area contributed by atoms with E-state index >= 15 is 0 Å². The first-order chi connectivity index (χ1) is 9.99. The predicted octanol–water partition coefficient (Wildman–Crippen LogP) is 0.964. The van der Waals surface area contributed by atoms with Gasteiger partial charge in [-0.05, 0) is 39.8 Å². The second-order valence-electron chi connectivity index (χ2n) is 6.32. The molecule has 0 saturated heterocycles. The van der Waals surface area contributed by atoms with Crippen LogP contribution < -0.4 is 0 Å². The quantitative estimate of drug-likeness (QED) is 0.833. The smallest absolute Gasteiger partial charge is 0.260 e. The van der Waals surface area contributed by atoms with Crippen LogP contribution >= 0.6 is 0 Å². The Labute approximate surface area is 123 Å². The van der Waals surface area contributed by atoms with Crippen LogP contribution in [-0.2, 0) is 24.4 Å². The molecule has 0 N–H and O–H groups in total. The molecule has 1 aliphatic carbocycles. The summed E-state index contributed by atoms with van der Waals surface area (Å²) in [4.78, 5) is 16.0. The van der Waals surface area contributed by atoms with E-state index in [1.165, 1.54) is 0 Å². The highest BCUT2D eigenvalue weighted by Gasteiger charge is 2.47. The normalized spacial score (nSPS) is 20.9. The van der Waals surface area contributed by atoms with Crippen LogP contribution in [0.5, 0.6) is 0 Å². The number of alkyl halides is 1. The molecule has 0 radical (unpaired) electrons. The van der Waals surface area contributed by atoms with Crippen molar-refractivity contribution < 1.29 is 9.18 Å². The van der Waals surface area contributed by atoms with E-state index in [-0.39, 0.29) is 5.91 Å². The van der Waals surface area contributed by atoms with E-state index in [1.807, 2.05) is 19.0 Å². The van der Waals surface area contributed by atoms with Crippen molar-refractivity contribution in [1.29, 1.82) is 0 Å². The molecule has 1 aromatic heterocycles. The molecule has 2 aliphatic rings. The van der Waals surface area contributed by atoms with Gasteiger partial charge in [0.1, 0.15) is 5.82 Å². The lowest BCUT2D eigenvalue weighted by atomic mass is 9.81. The Bertz CT molecular complexity index is 537. The van der Waals surface area contributed by atoms with Gasteiger partial charge in [0.15, 0.2) is 11.5 Å². The van der Waals surface area contributed by atoms with Crippen LogP contribution in [0.15, 0.2) is 0 Å². The largest absolute Gasteiger partial charge is 0.332 e. The van der Waals surface area contributed by atoms with E-state index in [9.17, 15) is 9.18 Å². The van der Waals surface area contributed by atoms with Gasteiger partial charge in [0.05, 0.1) is 13.1 Å². The average molecular weight is 295 g/mol. The number of hydrogen-bond acceptors (Lipinski definition) is 4. The van der Waals surface area contributed by atoms with Crippen LogP contribution in [0.3, 0.4) is 0 Å². The van der Waals surface area contributed by atoms with Crippen LogP contribution in [-0.4, -0.2) is 56.8 Å². The first kappa shape index (κ1) is 14.4. The number of nitrogens with zero attached hydrogens (tertiary/aromatic N) is 5. The SMILES string of the molecule is CN(C)Cc1nnc2n1CCCN(C(=O)C1(F)CCC1)C2. The predicted molar refractivity (Wildman–Crippen MR) is 75.1 cm³/mol. The maximum atomic E-state index is 14.3. The summed E-state index contributed by atoms with van der Waals surface area (Å²) < 4.78 is 16.4. The van der Waals surface area contributed by atoms with E-state index in [2.05, 4.69) is 14.8 Å². The molecule has 7 heteroatoms. The number of aromatic nitrogens is 3. The van der Waals surface area contributed by atoms with Crippen molar-refractivity contribution in [2.75, 3.05) is 20.6 Å². The van der Waals surface area contributed by atoms with Crippen LogP contribution in [0.2, 0.25) is 0 Å². The fourth-order valence-electron chi connectivity index (χ4n) is 2.97. The standard InChI is InChI=1S/C14H22FN5O/c1-18(2)9-11-16-17-12-10-19(7-4-8-20(11)12)13(21)14(15)5-3-6-14/h3-10H2,1-2H3.